The maximum Gasteiger partial charge on any atom is 0.249 e. The molecule has 0 radical (unpaired) electrons. The summed E-state index contributed by atoms with van der Waals surface area (Å²) in [4.78, 5) is 61.0. The van der Waals surface area contributed by atoms with Gasteiger partial charge in [0.1, 0.15) is 12.1 Å². The standard InChI is InChI=1S/C34H55N5O4S/c1-22(2)28(20-24(5)32(42)39-18-12-16-26(39)30(40)35-21-25-14-13-19-44-25)37(9)33(43)29(34(6,7)8)36-31(41)27-15-10-11-17-38(27)23(3)4/h13-14,19-20,22-23,26-29H,10-12,15-18,21H2,1-9H3,(H,35,40)(H,36,41)/t26-,27+,28?,29+/m0/s1. The van der Waals surface area contributed by atoms with E-state index in [2.05, 4.69) is 29.4 Å². The van der Waals surface area contributed by atoms with E-state index in [1.54, 1.807) is 35.1 Å². The number of hydrogen-bond donors (Lipinski definition) is 2. The molecule has 3 rings (SSSR count). The third-order valence-electron chi connectivity index (χ3n) is 8.98. The molecule has 0 aromatic carbocycles. The Kier molecular flexibility index (Phi) is 12.6. The Morgan fingerprint density at radius 1 is 1.02 bits per heavy atom. The number of carbonyl (C=O) groups excluding carboxylic acids is 4. The van der Waals surface area contributed by atoms with Crippen LogP contribution in [0.25, 0.3) is 0 Å². The summed E-state index contributed by atoms with van der Waals surface area (Å²) >= 11 is 1.59. The smallest absolute Gasteiger partial charge is 0.249 e. The summed E-state index contributed by atoms with van der Waals surface area (Å²) in [5.74, 6) is -0.582. The van der Waals surface area contributed by atoms with Crippen LogP contribution in [-0.4, -0.2) is 88.7 Å². The Labute approximate surface area is 268 Å². The molecule has 1 unspecified atom stereocenters. The molecule has 2 N–H and O–H groups in total. The molecule has 10 heteroatoms. The first kappa shape index (κ1) is 35.8. The van der Waals surface area contributed by atoms with Crippen LogP contribution in [0.1, 0.15) is 92.4 Å². The maximum absolute atomic E-state index is 14.1. The first-order valence-corrected chi connectivity index (χ1v) is 17.1. The van der Waals surface area contributed by atoms with Gasteiger partial charge in [-0.1, -0.05) is 53.2 Å². The Morgan fingerprint density at radius 3 is 2.30 bits per heavy atom. The van der Waals surface area contributed by atoms with Crippen LogP contribution >= 0.6 is 11.3 Å². The van der Waals surface area contributed by atoms with E-state index in [0.717, 1.165) is 37.1 Å². The predicted molar refractivity (Wildman–Crippen MR) is 177 cm³/mol. The molecule has 44 heavy (non-hydrogen) atoms. The van der Waals surface area contributed by atoms with Gasteiger partial charge >= 0.3 is 0 Å². The Hall–Kier alpha value is -2.72. The highest BCUT2D eigenvalue weighted by molar-refractivity contribution is 7.09. The first-order chi connectivity index (χ1) is 20.6. The number of rotatable bonds is 11. The summed E-state index contributed by atoms with van der Waals surface area (Å²) < 4.78 is 0. The summed E-state index contributed by atoms with van der Waals surface area (Å²) in [7, 11) is 1.75. The molecule has 246 valence electrons. The third kappa shape index (κ3) is 8.93. The van der Waals surface area contributed by atoms with E-state index in [9.17, 15) is 19.2 Å². The molecule has 4 amide bonds. The average Bonchev–Trinajstić information content (AvgIpc) is 3.68. The predicted octanol–water partition coefficient (Wildman–Crippen LogP) is 4.58. The van der Waals surface area contributed by atoms with Crippen molar-refractivity contribution in [2.24, 2.45) is 11.3 Å². The summed E-state index contributed by atoms with van der Waals surface area (Å²) in [5, 5.41) is 8.10. The van der Waals surface area contributed by atoms with Crippen molar-refractivity contribution >= 4 is 35.0 Å². The zero-order valence-corrected chi connectivity index (χ0v) is 29.1. The minimum atomic E-state index is -0.725. The van der Waals surface area contributed by atoms with Crippen molar-refractivity contribution in [1.29, 1.82) is 0 Å². The van der Waals surface area contributed by atoms with E-state index >= 15 is 0 Å². The Morgan fingerprint density at radius 2 is 1.70 bits per heavy atom. The molecule has 2 saturated heterocycles. The number of likely N-dealkylation sites (tertiary alicyclic amines) is 2. The lowest BCUT2D eigenvalue weighted by atomic mass is 9.84. The van der Waals surface area contributed by atoms with Crippen molar-refractivity contribution < 1.29 is 19.2 Å². The summed E-state index contributed by atoms with van der Waals surface area (Å²) in [6, 6.07) is 2.33. The molecule has 4 atom stereocenters. The van der Waals surface area contributed by atoms with Gasteiger partial charge in [0.2, 0.25) is 23.6 Å². The number of thiophene rings is 1. The summed E-state index contributed by atoms with van der Waals surface area (Å²) in [6.07, 6.45) is 6.11. The maximum atomic E-state index is 14.1. The highest BCUT2D eigenvalue weighted by Crippen LogP contribution is 2.27. The van der Waals surface area contributed by atoms with Crippen molar-refractivity contribution in [3.8, 4) is 0 Å². The number of piperidine rings is 1. The van der Waals surface area contributed by atoms with Crippen molar-refractivity contribution in [2.45, 2.75) is 124 Å². The average molecular weight is 630 g/mol. The highest BCUT2D eigenvalue weighted by atomic mass is 32.1. The minimum absolute atomic E-state index is 0.0151. The van der Waals surface area contributed by atoms with Gasteiger partial charge in [0.15, 0.2) is 0 Å². The lowest BCUT2D eigenvalue weighted by Gasteiger charge is -2.41. The number of carbonyl (C=O) groups is 4. The fourth-order valence-corrected chi connectivity index (χ4v) is 7.03. The molecule has 2 aliphatic rings. The number of nitrogens with zero attached hydrogens (tertiary/aromatic N) is 3. The summed E-state index contributed by atoms with van der Waals surface area (Å²) in [6.45, 7) is 17.8. The largest absolute Gasteiger partial charge is 0.349 e. The lowest BCUT2D eigenvalue weighted by molar-refractivity contribution is -0.142. The molecule has 2 aliphatic heterocycles. The molecule has 0 bridgehead atoms. The van der Waals surface area contributed by atoms with E-state index in [-0.39, 0.29) is 47.7 Å². The Balaban J connectivity index is 1.75. The van der Waals surface area contributed by atoms with Crippen LogP contribution < -0.4 is 10.6 Å². The van der Waals surface area contributed by atoms with E-state index in [1.165, 1.54) is 0 Å². The van der Waals surface area contributed by atoms with Gasteiger partial charge in [-0.05, 0) is 75.8 Å². The van der Waals surface area contributed by atoms with E-state index in [0.29, 0.717) is 25.1 Å². The molecule has 0 saturated carbocycles. The van der Waals surface area contributed by atoms with E-state index in [1.807, 2.05) is 58.2 Å². The molecule has 2 fully saturated rings. The van der Waals surface area contributed by atoms with Crippen LogP contribution in [0, 0.1) is 11.3 Å². The van der Waals surface area contributed by atoms with E-state index < -0.39 is 17.5 Å². The van der Waals surface area contributed by atoms with Crippen LogP contribution in [0.2, 0.25) is 0 Å². The zero-order chi connectivity index (χ0) is 32.8. The van der Waals surface area contributed by atoms with Crippen molar-refractivity contribution in [3.63, 3.8) is 0 Å². The van der Waals surface area contributed by atoms with Crippen LogP contribution in [0.3, 0.4) is 0 Å². The van der Waals surface area contributed by atoms with Gasteiger partial charge in [0.25, 0.3) is 0 Å². The van der Waals surface area contributed by atoms with Crippen molar-refractivity contribution in [1.82, 2.24) is 25.3 Å². The minimum Gasteiger partial charge on any atom is -0.349 e. The van der Waals surface area contributed by atoms with Crippen LogP contribution in [-0.2, 0) is 25.7 Å². The number of nitrogens with one attached hydrogen (secondary N) is 2. The van der Waals surface area contributed by atoms with Crippen LogP contribution in [0.5, 0.6) is 0 Å². The van der Waals surface area contributed by atoms with Crippen LogP contribution in [0.15, 0.2) is 29.2 Å². The quantitative estimate of drug-likeness (QED) is 0.349. The van der Waals surface area contributed by atoms with Gasteiger partial charge in [-0.2, -0.15) is 0 Å². The molecule has 0 aliphatic carbocycles. The van der Waals surface area contributed by atoms with Crippen LogP contribution in [0.4, 0.5) is 0 Å². The molecule has 9 nitrogen and oxygen atoms in total. The molecule has 0 spiro atoms. The molecule has 1 aromatic rings. The first-order valence-electron chi connectivity index (χ1n) is 16.3. The molecule has 1 aromatic heterocycles. The highest BCUT2D eigenvalue weighted by Gasteiger charge is 2.40. The monoisotopic (exact) mass is 629 g/mol. The van der Waals surface area contributed by atoms with Gasteiger partial charge in [0, 0.05) is 30.1 Å². The van der Waals surface area contributed by atoms with E-state index in [4.69, 9.17) is 0 Å². The lowest BCUT2D eigenvalue weighted by Crippen LogP contribution is -2.60. The third-order valence-corrected chi connectivity index (χ3v) is 9.86. The molecular formula is C34H55N5O4S. The SMILES string of the molecule is CC(=CC(C(C)C)N(C)C(=O)[C@@H](NC(=O)[C@H]1CCCCN1C(C)C)C(C)(C)C)C(=O)N1CCC[C@H]1C(=O)NCc1cccs1. The molecule has 3 heterocycles. The van der Waals surface area contributed by atoms with Gasteiger partial charge < -0.3 is 20.4 Å². The molecular weight excluding hydrogens is 574 g/mol. The number of likely N-dealkylation sites (N-methyl/N-ethyl adjacent to an activating group) is 1. The number of hydrogen-bond acceptors (Lipinski definition) is 6. The second-order valence-electron chi connectivity index (χ2n) is 14.1. The second-order valence-corrected chi connectivity index (χ2v) is 15.2. The van der Waals surface area contributed by atoms with Gasteiger partial charge in [0.05, 0.1) is 18.6 Å². The van der Waals surface area contributed by atoms with Gasteiger partial charge in [-0.15, -0.1) is 11.3 Å². The van der Waals surface area contributed by atoms with Gasteiger partial charge in [-0.25, -0.2) is 0 Å². The van der Waals surface area contributed by atoms with Crippen molar-refractivity contribution in [2.75, 3.05) is 20.1 Å². The van der Waals surface area contributed by atoms with Gasteiger partial charge in [-0.3, -0.25) is 24.1 Å². The number of amides is 4. The fourth-order valence-electron chi connectivity index (χ4n) is 6.38. The second kappa shape index (κ2) is 15.5. The topological polar surface area (TPSA) is 102 Å². The Bertz CT molecular complexity index is 1170. The van der Waals surface area contributed by atoms with Crippen molar-refractivity contribution in [3.05, 3.63) is 34.0 Å². The fraction of sp³-hybridized carbons (Fsp3) is 0.706. The normalized spacial score (nSPS) is 21.3. The summed E-state index contributed by atoms with van der Waals surface area (Å²) in [5.41, 5.74) is -0.0133. The zero-order valence-electron chi connectivity index (χ0n) is 28.3.